The van der Waals surface area contributed by atoms with Gasteiger partial charge in [0.05, 0.1) is 12.0 Å². The molecule has 0 spiro atoms. The van der Waals surface area contributed by atoms with Gasteiger partial charge in [-0.25, -0.2) is 0 Å². The molecule has 1 fully saturated rings. The molecule has 4 heteroatoms. The summed E-state index contributed by atoms with van der Waals surface area (Å²) in [6, 6.07) is 19.5. The van der Waals surface area contributed by atoms with E-state index in [2.05, 4.69) is 5.32 Å². The fourth-order valence-electron chi connectivity index (χ4n) is 3.33. The molecule has 0 aromatic heterocycles. The number of benzene rings is 2. The van der Waals surface area contributed by atoms with Gasteiger partial charge in [-0.2, -0.15) is 0 Å². The molecule has 2 aromatic carbocycles. The number of hydrogen-bond acceptors (Lipinski definition) is 2. The molecule has 0 saturated carbocycles. The fraction of sp³-hybridized carbons (Fsp3) is 0.300. The molecule has 2 amide bonds. The maximum Gasteiger partial charge on any atom is 0.225 e. The van der Waals surface area contributed by atoms with Crippen LogP contribution in [0.3, 0.4) is 0 Å². The summed E-state index contributed by atoms with van der Waals surface area (Å²) in [5.74, 6) is -0.123. The minimum atomic E-state index is -0.223. The van der Waals surface area contributed by atoms with Gasteiger partial charge in [-0.1, -0.05) is 60.7 Å². The Kier molecular flexibility index (Phi) is 4.94. The van der Waals surface area contributed by atoms with E-state index in [9.17, 15) is 9.59 Å². The molecule has 0 unspecified atom stereocenters. The average Bonchev–Trinajstić information content (AvgIpc) is 2.63. The maximum absolute atomic E-state index is 12.8. The molecular weight excluding hydrogens is 300 g/mol. The Morgan fingerprint density at radius 2 is 1.71 bits per heavy atom. The van der Waals surface area contributed by atoms with Crippen LogP contribution in [0.2, 0.25) is 0 Å². The van der Waals surface area contributed by atoms with E-state index in [4.69, 9.17) is 0 Å². The van der Waals surface area contributed by atoms with Crippen LogP contribution in [0.4, 0.5) is 0 Å². The van der Waals surface area contributed by atoms with Crippen LogP contribution in [-0.4, -0.2) is 23.8 Å². The summed E-state index contributed by atoms with van der Waals surface area (Å²) in [5, 5.41) is 3.03. The van der Waals surface area contributed by atoms with Crippen molar-refractivity contribution in [3.63, 3.8) is 0 Å². The molecule has 1 aliphatic rings. The Balaban J connectivity index is 1.76. The Labute approximate surface area is 142 Å². The second-order valence-electron chi connectivity index (χ2n) is 6.21. The number of likely N-dealkylation sites (tertiary alicyclic amines) is 1. The van der Waals surface area contributed by atoms with Crippen LogP contribution in [0, 0.1) is 5.92 Å². The highest BCUT2D eigenvalue weighted by Gasteiger charge is 2.38. The quantitative estimate of drug-likeness (QED) is 0.941. The van der Waals surface area contributed by atoms with Gasteiger partial charge >= 0.3 is 0 Å². The highest BCUT2D eigenvalue weighted by Crippen LogP contribution is 2.35. The lowest BCUT2D eigenvalue weighted by atomic mass is 9.84. The summed E-state index contributed by atoms with van der Waals surface area (Å²) in [7, 11) is 1.79. The van der Waals surface area contributed by atoms with Crippen molar-refractivity contribution in [3.8, 4) is 0 Å². The highest BCUT2D eigenvalue weighted by atomic mass is 16.2. The van der Waals surface area contributed by atoms with Gasteiger partial charge in [0.25, 0.3) is 0 Å². The second-order valence-corrected chi connectivity index (χ2v) is 6.21. The van der Waals surface area contributed by atoms with Crippen LogP contribution in [0.25, 0.3) is 0 Å². The zero-order chi connectivity index (χ0) is 16.9. The standard InChI is InChI=1S/C20H22N2O2/c1-22-18(23)13-12-17(19(22)16-10-6-3-7-11-16)20(24)21-14-15-8-4-2-5-9-15/h2-11,17,19H,12-14H2,1H3,(H,21,24)/t17-,19+/m0/s1. The first-order valence-electron chi connectivity index (χ1n) is 8.29. The van der Waals surface area contributed by atoms with Crippen molar-refractivity contribution in [2.45, 2.75) is 25.4 Å². The van der Waals surface area contributed by atoms with Crippen LogP contribution in [-0.2, 0) is 16.1 Å². The van der Waals surface area contributed by atoms with Crippen molar-refractivity contribution in [1.82, 2.24) is 10.2 Å². The lowest BCUT2D eigenvalue weighted by Gasteiger charge is -2.38. The summed E-state index contributed by atoms with van der Waals surface area (Å²) in [6.45, 7) is 0.509. The molecule has 124 valence electrons. The van der Waals surface area contributed by atoms with Gasteiger partial charge in [-0.3, -0.25) is 9.59 Å². The third-order valence-corrected chi connectivity index (χ3v) is 4.65. The number of rotatable bonds is 4. The molecule has 2 aromatic rings. The molecule has 0 radical (unpaired) electrons. The molecule has 0 aliphatic carbocycles. The molecule has 1 heterocycles. The van der Waals surface area contributed by atoms with Crippen LogP contribution in [0.5, 0.6) is 0 Å². The number of amides is 2. The van der Waals surface area contributed by atoms with Crippen molar-refractivity contribution in [2.24, 2.45) is 5.92 Å². The van der Waals surface area contributed by atoms with E-state index >= 15 is 0 Å². The van der Waals surface area contributed by atoms with Crippen molar-refractivity contribution < 1.29 is 9.59 Å². The van der Waals surface area contributed by atoms with Crippen LogP contribution < -0.4 is 5.32 Å². The predicted octanol–water partition coefficient (Wildman–Crippen LogP) is 2.91. The summed E-state index contributed by atoms with van der Waals surface area (Å²) in [6.07, 6.45) is 1.01. The van der Waals surface area contributed by atoms with Crippen molar-refractivity contribution in [1.29, 1.82) is 0 Å². The fourth-order valence-corrected chi connectivity index (χ4v) is 3.33. The van der Waals surface area contributed by atoms with Crippen molar-refractivity contribution in [3.05, 3.63) is 71.8 Å². The number of hydrogen-bond donors (Lipinski definition) is 1. The highest BCUT2D eigenvalue weighted by molar-refractivity contribution is 5.84. The van der Waals surface area contributed by atoms with Gasteiger partial charge in [0.15, 0.2) is 0 Å². The number of piperidine rings is 1. The lowest BCUT2D eigenvalue weighted by molar-refractivity contribution is -0.141. The number of carbonyl (C=O) groups excluding carboxylic acids is 2. The third-order valence-electron chi connectivity index (χ3n) is 4.65. The SMILES string of the molecule is CN1C(=O)CC[C@H](C(=O)NCc2ccccc2)[C@H]1c1ccccc1. The van der Waals surface area contributed by atoms with Gasteiger partial charge in [-0.15, -0.1) is 0 Å². The van der Waals surface area contributed by atoms with Crippen LogP contribution in [0.15, 0.2) is 60.7 Å². The Hall–Kier alpha value is -2.62. The zero-order valence-electron chi connectivity index (χ0n) is 13.8. The van der Waals surface area contributed by atoms with Crippen LogP contribution >= 0.6 is 0 Å². The smallest absolute Gasteiger partial charge is 0.225 e. The molecular formula is C20H22N2O2. The molecule has 24 heavy (non-hydrogen) atoms. The molecule has 3 rings (SSSR count). The van der Waals surface area contributed by atoms with Crippen molar-refractivity contribution in [2.75, 3.05) is 7.05 Å². The Morgan fingerprint density at radius 1 is 1.08 bits per heavy atom. The van der Waals surface area contributed by atoms with Gasteiger partial charge in [0.2, 0.25) is 11.8 Å². The summed E-state index contributed by atoms with van der Waals surface area (Å²) in [5.41, 5.74) is 2.08. The minimum absolute atomic E-state index is 0.00653. The first kappa shape index (κ1) is 16.2. The second kappa shape index (κ2) is 7.30. The molecule has 2 atom stereocenters. The molecule has 1 N–H and O–H groups in total. The van der Waals surface area contributed by atoms with Gasteiger partial charge in [-0.05, 0) is 17.5 Å². The lowest BCUT2D eigenvalue weighted by Crippen LogP contribution is -2.46. The normalized spacial score (nSPS) is 20.7. The van der Waals surface area contributed by atoms with Gasteiger partial charge in [0, 0.05) is 20.0 Å². The monoisotopic (exact) mass is 322 g/mol. The third kappa shape index (κ3) is 3.48. The first-order valence-corrected chi connectivity index (χ1v) is 8.29. The Morgan fingerprint density at radius 3 is 2.38 bits per heavy atom. The average molecular weight is 322 g/mol. The van der Waals surface area contributed by atoms with Gasteiger partial charge < -0.3 is 10.2 Å². The molecule has 1 aliphatic heterocycles. The van der Waals surface area contributed by atoms with Crippen molar-refractivity contribution >= 4 is 11.8 Å². The van der Waals surface area contributed by atoms with E-state index < -0.39 is 0 Å². The largest absolute Gasteiger partial charge is 0.352 e. The molecule has 4 nitrogen and oxygen atoms in total. The number of nitrogens with zero attached hydrogens (tertiary/aromatic N) is 1. The van der Waals surface area contributed by atoms with Gasteiger partial charge in [0.1, 0.15) is 0 Å². The summed E-state index contributed by atoms with van der Waals surface area (Å²) >= 11 is 0. The van der Waals surface area contributed by atoms with E-state index in [1.807, 2.05) is 60.7 Å². The van der Waals surface area contributed by atoms with E-state index in [0.717, 1.165) is 11.1 Å². The topological polar surface area (TPSA) is 49.4 Å². The summed E-state index contributed by atoms with van der Waals surface area (Å²) < 4.78 is 0. The molecule has 0 bridgehead atoms. The summed E-state index contributed by atoms with van der Waals surface area (Å²) in [4.78, 5) is 26.6. The van der Waals surface area contributed by atoms with E-state index in [1.54, 1.807) is 11.9 Å². The zero-order valence-corrected chi connectivity index (χ0v) is 13.8. The van der Waals surface area contributed by atoms with E-state index in [0.29, 0.717) is 19.4 Å². The van der Waals surface area contributed by atoms with E-state index in [1.165, 1.54) is 0 Å². The first-order chi connectivity index (χ1) is 11.7. The molecule has 1 saturated heterocycles. The van der Waals surface area contributed by atoms with Crippen LogP contribution in [0.1, 0.15) is 30.0 Å². The predicted molar refractivity (Wildman–Crippen MR) is 93.0 cm³/mol. The Bertz CT molecular complexity index is 700. The maximum atomic E-state index is 12.8. The number of carbonyl (C=O) groups is 2. The number of nitrogens with one attached hydrogen (secondary N) is 1. The van der Waals surface area contributed by atoms with E-state index in [-0.39, 0.29) is 23.8 Å². The minimum Gasteiger partial charge on any atom is -0.352 e.